The molecule has 1 aliphatic rings. The average molecular weight is 275 g/mol. The van der Waals surface area contributed by atoms with Crippen LogP contribution in [-0.4, -0.2) is 24.2 Å². The molecule has 1 saturated heterocycles. The van der Waals surface area contributed by atoms with Crippen LogP contribution in [0, 0.1) is 5.92 Å². The molecule has 20 heavy (non-hydrogen) atoms. The minimum atomic E-state index is 0.213. The zero-order chi connectivity index (χ0) is 14.5. The van der Waals surface area contributed by atoms with Gasteiger partial charge in [0.15, 0.2) is 0 Å². The Kier molecular flexibility index (Phi) is 5.62. The third-order valence-electron chi connectivity index (χ3n) is 4.62. The molecule has 0 amide bonds. The molecule has 1 aromatic rings. The van der Waals surface area contributed by atoms with E-state index >= 15 is 0 Å². The first-order valence-electron chi connectivity index (χ1n) is 8.05. The SMILES string of the molecule is CCCC[C@H](C)C[C@@H]1O[C@H](c2ccccc2)[C@H](C)N1C. The molecule has 0 bridgehead atoms. The van der Waals surface area contributed by atoms with Gasteiger partial charge >= 0.3 is 0 Å². The van der Waals surface area contributed by atoms with Gasteiger partial charge in [-0.05, 0) is 31.9 Å². The van der Waals surface area contributed by atoms with E-state index in [1.165, 1.54) is 24.8 Å². The lowest BCUT2D eigenvalue weighted by Crippen LogP contribution is -2.32. The molecule has 1 aromatic carbocycles. The maximum absolute atomic E-state index is 6.35. The molecule has 112 valence electrons. The molecule has 2 nitrogen and oxygen atoms in total. The second-order valence-corrected chi connectivity index (χ2v) is 6.31. The van der Waals surface area contributed by atoms with Crippen LogP contribution in [0.2, 0.25) is 0 Å². The molecular weight excluding hydrogens is 246 g/mol. The van der Waals surface area contributed by atoms with Crippen LogP contribution in [-0.2, 0) is 4.74 Å². The highest BCUT2D eigenvalue weighted by Gasteiger charge is 2.38. The van der Waals surface area contributed by atoms with E-state index in [0.29, 0.717) is 6.04 Å². The van der Waals surface area contributed by atoms with Crippen LogP contribution in [0.5, 0.6) is 0 Å². The van der Waals surface area contributed by atoms with Gasteiger partial charge in [-0.15, -0.1) is 0 Å². The fourth-order valence-electron chi connectivity index (χ4n) is 3.09. The average Bonchev–Trinajstić information content (AvgIpc) is 2.74. The van der Waals surface area contributed by atoms with E-state index in [2.05, 4.69) is 63.1 Å². The molecule has 0 N–H and O–H groups in total. The fraction of sp³-hybridized carbons (Fsp3) is 0.667. The van der Waals surface area contributed by atoms with E-state index in [-0.39, 0.29) is 12.3 Å². The number of hydrogen-bond donors (Lipinski definition) is 0. The van der Waals surface area contributed by atoms with Crippen LogP contribution in [0.15, 0.2) is 30.3 Å². The van der Waals surface area contributed by atoms with Gasteiger partial charge in [0, 0.05) is 6.04 Å². The normalized spacial score (nSPS) is 28.7. The van der Waals surface area contributed by atoms with Gasteiger partial charge in [0.25, 0.3) is 0 Å². The van der Waals surface area contributed by atoms with E-state index in [1.807, 2.05) is 0 Å². The number of hydrogen-bond acceptors (Lipinski definition) is 2. The number of benzene rings is 1. The van der Waals surface area contributed by atoms with E-state index < -0.39 is 0 Å². The number of likely N-dealkylation sites (N-methyl/N-ethyl adjacent to an activating group) is 1. The van der Waals surface area contributed by atoms with Gasteiger partial charge in [-0.2, -0.15) is 0 Å². The zero-order valence-corrected chi connectivity index (χ0v) is 13.4. The summed E-state index contributed by atoms with van der Waals surface area (Å²) < 4.78 is 6.35. The standard InChI is InChI=1S/C18H29NO/c1-5-6-10-14(2)13-17-19(4)15(3)18(20-17)16-11-8-7-9-12-16/h7-9,11-12,14-15,17-18H,5-6,10,13H2,1-4H3/t14-,15-,17-,18-/m0/s1. The van der Waals surface area contributed by atoms with E-state index in [4.69, 9.17) is 4.74 Å². The first kappa shape index (κ1) is 15.5. The highest BCUT2D eigenvalue weighted by Crippen LogP contribution is 2.36. The molecule has 0 radical (unpaired) electrons. The number of unbranched alkanes of at least 4 members (excludes halogenated alkanes) is 1. The molecule has 0 aliphatic carbocycles. The molecule has 1 aliphatic heterocycles. The summed E-state index contributed by atoms with van der Waals surface area (Å²) >= 11 is 0. The third-order valence-corrected chi connectivity index (χ3v) is 4.62. The van der Waals surface area contributed by atoms with Crippen molar-refractivity contribution in [2.24, 2.45) is 5.92 Å². The van der Waals surface area contributed by atoms with Gasteiger partial charge in [0.1, 0.15) is 6.23 Å². The first-order chi connectivity index (χ1) is 9.63. The molecule has 0 saturated carbocycles. The smallest absolute Gasteiger partial charge is 0.111 e. The van der Waals surface area contributed by atoms with Gasteiger partial charge < -0.3 is 4.74 Å². The highest BCUT2D eigenvalue weighted by molar-refractivity contribution is 5.20. The predicted octanol–water partition coefficient (Wildman–Crippen LogP) is 4.62. The first-order valence-corrected chi connectivity index (χ1v) is 8.05. The molecule has 1 heterocycles. The van der Waals surface area contributed by atoms with Crippen molar-refractivity contribution in [1.29, 1.82) is 0 Å². The van der Waals surface area contributed by atoms with Crippen LogP contribution in [0.3, 0.4) is 0 Å². The van der Waals surface area contributed by atoms with Crippen molar-refractivity contribution in [2.45, 2.75) is 64.8 Å². The van der Waals surface area contributed by atoms with Gasteiger partial charge in [-0.3, -0.25) is 4.90 Å². The highest BCUT2D eigenvalue weighted by atomic mass is 16.5. The maximum Gasteiger partial charge on any atom is 0.111 e. The predicted molar refractivity (Wildman–Crippen MR) is 84.6 cm³/mol. The Balaban J connectivity index is 1.96. The van der Waals surface area contributed by atoms with Gasteiger partial charge in [0.2, 0.25) is 0 Å². The van der Waals surface area contributed by atoms with Crippen LogP contribution >= 0.6 is 0 Å². The Morgan fingerprint density at radius 3 is 2.60 bits per heavy atom. The maximum atomic E-state index is 6.35. The van der Waals surface area contributed by atoms with Crippen LogP contribution < -0.4 is 0 Å². The minimum absolute atomic E-state index is 0.213. The molecule has 0 spiro atoms. The Bertz CT molecular complexity index is 392. The summed E-state index contributed by atoms with van der Waals surface area (Å²) in [7, 11) is 2.20. The van der Waals surface area contributed by atoms with Crippen molar-refractivity contribution in [2.75, 3.05) is 7.05 Å². The van der Waals surface area contributed by atoms with Crippen molar-refractivity contribution in [3.8, 4) is 0 Å². The summed E-state index contributed by atoms with van der Waals surface area (Å²) in [4.78, 5) is 2.40. The lowest BCUT2D eigenvalue weighted by molar-refractivity contribution is -0.00804. The van der Waals surface area contributed by atoms with Gasteiger partial charge in [0.05, 0.1) is 6.10 Å². The van der Waals surface area contributed by atoms with E-state index in [1.54, 1.807) is 0 Å². The van der Waals surface area contributed by atoms with E-state index in [9.17, 15) is 0 Å². The Labute approximate surface area is 124 Å². The van der Waals surface area contributed by atoms with Crippen molar-refractivity contribution >= 4 is 0 Å². The van der Waals surface area contributed by atoms with Crippen molar-refractivity contribution < 1.29 is 4.74 Å². The summed E-state index contributed by atoms with van der Waals surface area (Å²) in [5.41, 5.74) is 1.30. The van der Waals surface area contributed by atoms with Crippen LogP contribution in [0.1, 0.15) is 58.1 Å². The molecular formula is C18H29NO. The lowest BCUT2D eigenvalue weighted by Gasteiger charge is -2.23. The van der Waals surface area contributed by atoms with Gasteiger partial charge in [-0.1, -0.05) is 63.4 Å². The molecule has 0 unspecified atom stereocenters. The zero-order valence-electron chi connectivity index (χ0n) is 13.4. The second kappa shape index (κ2) is 7.24. The second-order valence-electron chi connectivity index (χ2n) is 6.31. The van der Waals surface area contributed by atoms with Crippen LogP contribution in [0.25, 0.3) is 0 Å². The molecule has 2 heteroatoms. The summed E-state index contributed by atoms with van der Waals surface area (Å²) in [6.07, 6.45) is 5.55. The minimum Gasteiger partial charge on any atom is -0.354 e. The summed E-state index contributed by atoms with van der Waals surface area (Å²) in [5, 5.41) is 0. The Hall–Kier alpha value is -0.860. The quantitative estimate of drug-likeness (QED) is 0.751. The number of rotatable bonds is 6. The van der Waals surface area contributed by atoms with Crippen LogP contribution in [0.4, 0.5) is 0 Å². The van der Waals surface area contributed by atoms with Gasteiger partial charge in [-0.25, -0.2) is 0 Å². The Morgan fingerprint density at radius 2 is 1.95 bits per heavy atom. The monoisotopic (exact) mass is 275 g/mol. The summed E-state index contributed by atoms with van der Waals surface area (Å²) in [6.45, 7) is 6.89. The Morgan fingerprint density at radius 1 is 1.25 bits per heavy atom. The molecule has 4 atom stereocenters. The van der Waals surface area contributed by atoms with E-state index in [0.717, 1.165) is 12.3 Å². The third kappa shape index (κ3) is 3.62. The van der Waals surface area contributed by atoms with Crippen molar-refractivity contribution in [1.82, 2.24) is 4.90 Å². The summed E-state index contributed by atoms with van der Waals surface area (Å²) in [5.74, 6) is 0.740. The number of ether oxygens (including phenoxy) is 1. The molecule has 1 fully saturated rings. The lowest BCUT2D eigenvalue weighted by atomic mass is 9.99. The largest absolute Gasteiger partial charge is 0.354 e. The fourth-order valence-corrected chi connectivity index (χ4v) is 3.09. The molecule has 2 rings (SSSR count). The number of nitrogens with zero attached hydrogens (tertiary/aromatic N) is 1. The van der Waals surface area contributed by atoms with Crippen molar-refractivity contribution in [3.63, 3.8) is 0 Å². The topological polar surface area (TPSA) is 12.5 Å². The summed E-state index contributed by atoms with van der Waals surface area (Å²) in [6, 6.07) is 11.1. The molecule has 0 aromatic heterocycles. The van der Waals surface area contributed by atoms with Crippen molar-refractivity contribution in [3.05, 3.63) is 35.9 Å².